The predicted octanol–water partition coefficient (Wildman–Crippen LogP) is 5.22. The fourth-order valence-corrected chi connectivity index (χ4v) is 5.18. The van der Waals surface area contributed by atoms with Gasteiger partial charge in [0, 0.05) is 17.6 Å². The van der Waals surface area contributed by atoms with Gasteiger partial charge in [0.25, 0.3) is 5.91 Å². The quantitative estimate of drug-likeness (QED) is 0.678. The van der Waals surface area contributed by atoms with Crippen LogP contribution in [0.3, 0.4) is 0 Å². The number of hydrogen-bond acceptors (Lipinski definition) is 3. The van der Waals surface area contributed by atoms with Crippen LogP contribution < -0.4 is 10.1 Å². The average Bonchev–Trinajstić information content (AvgIpc) is 2.84. The van der Waals surface area contributed by atoms with E-state index in [4.69, 9.17) is 4.74 Å². The Labute approximate surface area is 191 Å². The molecular formula is C27H34N2O3. The summed E-state index contributed by atoms with van der Waals surface area (Å²) in [5.74, 6) is 0.344. The zero-order valence-electron chi connectivity index (χ0n) is 19.3. The fourth-order valence-electron chi connectivity index (χ4n) is 5.18. The van der Waals surface area contributed by atoms with Crippen molar-refractivity contribution >= 4 is 11.8 Å². The van der Waals surface area contributed by atoms with Crippen LogP contribution in [-0.2, 0) is 4.79 Å². The lowest BCUT2D eigenvalue weighted by Gasteiger charge is -2.47. The molecule has 0 saturated heterocycles. The summed E-state index contributed by atoms with van der Waals surface area (Å²) in [5.41, 5.74) is 2.46. The molecule has 1 heterocycles. The molecule has 2 aromatic rings. The molecule has 2 amide bonds. The highest BCUT2D eigenvalue weighted by Gasteiger charge is 2.46. The van der Waals surface area contributed by atoms with Crippen molar-refractivity contribution in [2.75, 3.05) is 7.11 Å². The summed E-state index contributed by atoms with van der Waals surface area (Å²) in [6.45, 7) is 4.09. The number of carbonyl (C=O) groups is 2. The number of nitrogens with zero attached hydrogens (tertiary/aromatic N) is 1. The number of amides is 2. The van der Waals surface area contributed by atoms with Crippen LogP contribution in [0.2, 0.25) is 0 Å². The fraction of sp³-hybridized carbons (Fsp3) is 0.481. The Bertz CT molecular complexity index is 950. The highest BCUT2D eigenvalue weighted by atomic mass is 16.5. The van der Waals surface area contributed by atoms with Gasteiger partial charge in [0.2, 0.25) is 5.91 Å². The largest absolute Gasteiger partial charge is 0.497 e. The van der Waals surface area contributed by atoms with Crippen molar-refractivity contribution in [3.63, 3.8) is 0 Å². The Morgan fingerprint density at radius 1 is 1.09 bits per heavy atom. The monoisotopic (exact) mass is 434 g/mol. The molecule has 0 radical (unpaired) electrons. The summed E-state index contributed by atoms with van der Waals surface area (Å²) in [5, 5.41) is 3.20. The van der Waals surface area contributed by atoms with E-state index >= 15 is 0 Å². The minimum atomic E-state index is -0.451. The SMILES string of the molecule is CCC(C)NC(=O)C1c2ccccc2C(=O)N(C2CCCCC2)C1c1ccc(OC)cc1. The number of benzene rings is 2. The van der Waals surface area contributed by atoms with Crippen molar-refractivity contribution in [1.29, 1.82) is 0 Å². The molecule has 5 heteroatoms. The maximum atomic E-state index is 13.8. The Morgan fingerprint density at radius 3 is 2.44 bits per heavy atom. The van der Waals surface area contributed by atoms with Crippen LogP contribution in [0.4, 0.5) is 0 Å². The van der Waals surface area contributed by atoms with Crippen LogP contribution in [0.1, 0.15) is 85.8 Å². The first-order valence-electron chi connectivity index (χ1n) is 11.9. The lowest BCUT2D eigenvalue weighted by molar-refractivity contribution is -0.125. The molecule has 3 unspecified atom stereocenters. The van der Waals surface area contributed by atoms with E-state index in [1.807, 2.05) is 60.4 Å². The molecule has 32 heavy (non-hydrogen) atoms. The molecule has 170 valence electrons. The topological polar surface area (TPSA) is 58.6 Å². The van der Waals surface area contributed by atoms with Gasteiger partial charge in [0.05, 0.1) is 19.1 Å². The lowest BCUT2D eigenvalue weighted by Crippen LogP contribution is -2.52. The number of hydrogen-bond donors (Lipinski definition) is 1. The van der Waals surface area contributed by atoms with E-state index in [-0.39, 0.29) is 29.9 Å². The van der Waals surface area contributed by atoms with Crippen LogP contribution >= 0.6 is 0 Å². The van der Waals surface area contributed by atoms with E-state index in [9.17, 15) is 9.59 Å². The second kappa shape index (κ2) is 9.76. The Hall–Kier alpha value is -2.82. The number of carbonyl (C=O) groups excluding carboxylic acids is 2. The number of rotatable bonds is 6. The normalized spacial score (nSPS) is 22.2. The maximum Gasteiger partial charge on any atom is 0.254 e. The average molecular weight is 435 g/mol. The van der Waals surface area contributed by atoms with Crippen LogP contribution in [0.25, 0.3) is 0 Å². The minimum Gasteiger partial charge on any atom is -0.497 e. The number of ether oxygens (including phenoxy) is 1. The molecule has 2 aliphatic rings. The summed E-state index contributed by atoms with van der Waals surface area (Å²) < 4.78 is 5.36. The molecule has 1 saturated carbocycles. The third kappa shape index (κ3) is 4.25. The van der Waals surface area contributed by atoms with E-state index < -0.39 is 5.92 Å². The first-order valence-corrected chi connectivity index (χ1v) is 11.9. The molecule has 0 aromatic heterocycles. The molecular weight excluding hydrogens is 400 g/mol. The van der Waals surface area contributed by atoms with Crippen molar-refractivity contribution in [3.05, 3.63) is 65.2 Å². The molecule has 5 nitrogen and oxygen atoms in total. The van der Waals surface area contributed by atoms with Crippen molar-refractivity contribution in [3.8, 4) is 5.75 Å². The molecule has 2 aromatic carbocycles. The molecule has 1 N–H and O–H groups in total. The molecule has 4 rings (SSSR count). The molecule has 0 bridgehead atoms. The summed E-state index contributed by atoms with van der Waals surface area (Å²) >= 11 is 0. The lowest BCUT2D eigenvalue weighted by atomic mass is 9.77. The standard InChI is InChI=1S/C27H34N2O3/c1-4-18(2)28-26(30)24-22-12-8-9-13-23(22)27(31)29(20-10-6-5-7-11-20)25(24)19-14-16-21(32-3)17-15-19/h8-9,12-18,20,24-25H,4-7,10-11H2,1-3H3,(H,28,30). The predicted molar refractivity (Wildman–Crippen MR) is 126 cm³/mol. The van der Waals surface area contributed by atoms with Gasteiger partial charge in [0.15, 0.2) is 0 Å². The van der Waals surface area contributed by atoms with Gasteiger partial charge in [-0.15, -0.1) is 0 Å². The van der Waals surface area contributed by atoms with Crippen molar-refractivity contribution < 1.29 is 14.3 Å². The maximum absolute atomic E-state index is 13.8. The number of fused-ring (bicyclic) bond motifs is 1. The zero-order chi connectivity index (χ0) is 22.7. The summed E-state index contributed by atoms with van der Waals surface area (Å²) in [6.07, 6.45) is 6.28. The van der Waals surface area contributed by atoms with Crippen LogP contribution in [0.5, 0.6) is 5.75 Å². The highest BCUT2D eigenvalue weighted by molar-refractivity contribution is 6.01. The number of methoxy groups -OCH3 is 1. The first-order chi connectivity index (χ1) is 15.5. The van der Waals surface area contributed by atoms with Gasteiger partial charge in [-0.3, -0.25) is 9.59 Å². The van der Waals surface area contributed by atoms with Gasteiger partial charge in [-0.05, 0) is 55.5 Å². The second-order valence-electron chi connectivity index (χ2n) is 9.11. The van der Waals surface area contributed by atoms with Gasteiger partial charge in [-0.25, -0.2) is 0 Å². The molecule has 1 fully saturated rings. The summed E-state index contributed by atoms with van der Waals surface area (Å²) in [7, 11) is 1.64. The van der Waals surface area contributed by atoms with E-state index in [0.717, 1.165) is 49.0 Å². The van der Waals surface area contributed by atoms with Crippen LogP contribution in [-0.4, -0.2) is 35.9 Å². The van der Waals surface area contributed by atoms with Crippen LogP contribution in [0.15, 0.2) is 48.5 Å². The highest BCUT2D eigenvalue weighted by Crippen LogP contribution is 2.46. The summed E-state index contributed by atoms with van der Waals surface area (Å²) in [6, 6.07) is 15.4. The minimum absolute atomic E-state index is 0.0130. The van der Waals surface area contributed by atoms with Crippen molar-refractivity contribution in [2.45, 2.75) is 76.4 Å². The van der Waals surface area contributed by atoms with Gasteiger partial charge in [-0.1, -0.05) is 56.5 Å². The second-order valence-corrected chi connectivity index (χ2v) is 9.11. The van der Waals surface area contributed by atoms with E-state index in [2.05, 4.69) is 12.2 Å². The molecule has 3 atom stereocenters. The Balaban J connectivity index is 1.86. The van der Waals surface area contributed by atoms with Gasteiger partial charge >= 0.3 is 0 Å². The number of nitrogens with one attached hydrogen (secondary N) is 1. The van der Waals surface area contributed by atoms with Crippen LogP contribution in [0, 0.1) is 0 Å². The van der Waals surface area contributed by atoms with Gasteiger partial charge in [-0.2, -0.15) is 0 Å². The van der Waals surface area contributed by atoms with Gasteiger partial charge < -0.3 is 15.0 Å². The van der Waals surface area contributed by atoms with Crippen molar-refractivity contribution in [2.24, 2.45) is 0 Å². The Kier molecular flexibility index (Phi) is 6.83. The molecule has 0 spiro atoms. The molecule has 1 aliphatic heterocycles. The first kappa shape index (κ1) is 22.4. The molecule has 1 aliphatic carbocycles. The van der Waals surface area contributed by atoms with Gasteiger partial charge in [0.1, 0.15) is 5.75 Å². The zero-order valence-corrected chi connectivity index (χ0v) is 19.3. The third-order valence-electron chi connectivity index (χ3n) is 7.09. The van der Waals surface area contributed by atoms with E-state index in [1.54, 1.807) is 7.11 Å². The third-order valence-corrected chi connectivity index (χ3v) is 7.09. The smallest absolute Gasteiger partial charge is 0.254 e. The Morgan fingerprint density at radius 2 is 1.78 bits per heavy atom. The van der Waals surface area contributed by atoms with E-state index in [0.29, 0.717) is 5.56 Å². The van der Waals surface area contributed by atoms with E-state index in [1.165, 1.54) is 6.42 Å². The van der Waals surface area contributed by atoms with Crippen molar-refractivity contribution in [1.82, 2.24) is 10.2 Å². The summed E-state index contributed by atoms with van der Waals surface area (Å²) in [4.78, 5) is 29.6.